The first-order valence-corrected chi connectivity index (χ1v) is 53.0. The molecule has 10 aliphatic heterocycles. The van der Waals surface area contributed by atoms with Crippen LogP contribution in [0.3, 0.4) is 0 Å². The van der Waals surface area contributed by atoms with Gasteiger partial charge in [-0.25, -0.2) is 0 Å². The lowest BCUT2D eigenvalue weighted by molar-refractivity contribution is -0.145. The van der Waals surface area contributed by atoms with Crippen LogP contribution in [0.5, 0.6) is 0 Å². The Hall–Kier alpha value is -3.98. The molecule has 11 rings (SSSR count). The molecule has 20 atom stereocenters. The van der Waals surface area contributed by atoms with Crippen molar-refractivity contribution in [1.82, 2.24) is 43.1 Å². The highest BCUT2D eigenvalue weighted by Crippen LogP contribution is 2.43. The van der Waals surface area contributed by atoms with Crippen LogP contribution in [0.2, 0.25) is 31.6 Å². The zero-order valence-electron chi connectivity index (χ0n) is 78.1. The van der Waals surface area contributed by atoms with E-state index in [2.05, 4.69) is 0 Å². The Morgan fingerprint density at radius 2 is 0.599 bits per heavy atom. The number of nitrogens with two attached hydrogens (primary N) is 10. The number of nitrogens with zero attached hydrogens (tertiary/aromatic N) is 10. The first kappa shape index (κ1) is 120. The highest BCUT2D eigenvalue weighted by atomic mass is 32.2. The van der Waals surface area contributed by atoms with Crippen LogP contribution >= 0.6 is 0 Å². The molecule has 10 saturated heterocycles. The fourth-order valence-electron chi connectivity index (χ4n) is 19.3. The van der Waals surface area contributed by atoms with E-state index in [0.29, 0.717) is 38.5 Å². The summed E-state index contributed by atoms with van der Waals surface area (Å²) < 4.78 is 171. The van der Waals surface area contributed by atoms with E-state index in [9.17, 15) is 91.6 Å². The molecule has 0 spiro atoms. The molecule has 0 aromatic heterocycles. The molecule has 11 fully saturated rings. The smallest absolute Gasteiger partial charge is 0.451 e. The van der Waals surface area contributed by atoms with Gasteiger partial charge in [-0.2, -0.15) is 85.1 Å². The van der Waals surface area contributed by atoms with Gasteiger partial charge in [0, 0.05) is 157 Å². The lowest BCUT2D eigenvalue weighted by atomic mass is 9.78. The van der Waals surface area contributed by atoms with Crippen LogP contribution in [0, 0.1) is 29.6 Å². The van der Waals surface area contributed by atoms with Gasteiger partial charge in [0.1, 0.15) is 27.7 Å². The number of aliphatic carboxylic acids is 5. The summed E-state index contributed by atoms with van der Waals surface area (Å²) in [6.45, 7) is 7.70. The zero-order valence-corrected chi connectivity index (χ0v) is 82.2. The second kappa shape index (κ2) is 50.4. The lowest BCUT2D eigenvalue weighted by Gasteiger charge is -2.35. The molecule has 10 unspecified atom stereocenters. The van der Waals surface area contributed by atoms with E-state index in [1.165, 1.54) is 24.3 Å². The third-order valence-electron chi connectivity index (χ3n) is 27.6. The van der Waals surface area contributed by atoms with Gasteiger partial charge in [0.2, 0.25) is 0 Å². The molecular formula is C72H147B5N20O35S5. The van der Waals surface area contributed by atoms with E-state index >= 15 is 0 Å². The van der Waals surface area contributed by atoms with Gasteiger partial charge in [0.15, 0.2) is 0 Å². The molecule has 55 nitrogen and oxygen atoms in total. The van der Waals surface area contributed by atoms with Gasteiger partial charge in [-0.05, 0) is 96.8 Å². The highest BCUT2D eigenvalue weighted by molar-refractivity contribution is 7.88. The van der Waals surface area contributed by atoms with E-state index in [-0.39, 0.29) is 214 Å². The van der Waals surface area contributed by atoms with Crippen LogP contribution in [-0.2, 0) is 98.7 Å². The third kappa shape index (κ3) is 29.1. The molecule has 137 heavy (non-hydrogen) atoms. The zero-order chi connectivity index (χ0) is 103. The largest absolute Gasteiger partial charge is 0.480 e. The number of carboxylic acid groups (broad SMARTS) is 5. The summed E-state index contributed by atoms with van der Waals surface area (Å²) in [6, 6.07) is -5.37. The topological polar surface area (TPSA) is 898 Å². The maximum absolute atomic E-state index is 13.4. The Morgan fingerprint density at radius 1 is 0.358 bits per heavy atom. The maximum Gasteiger partial charge on any atom is 0.451 e. The second-order valence-corrected chi connectivity index (χ2v) is 47.3. The fourth-order valence-corrected chi connectivity index (χ4v) is 29.1. The summed E-state index contributed by atoms with van der Waals surface area (Å²) in [4.78, 5) is 58.9. The number of hydrogen-bond acceptors (Lipinski definition) is 40. The van der Waals surface area contributed by atoms with E-state index in [0.717, 1.165) is 38.7 Å². The molecule has 0 amide bonds. The van der Waals surface area contributed by atoms with E-state index < -0.39 is 240 Å². The molecule has 11 aliphatic rings. The van der Waals surface area contributed by atoms with Crippen molar-refractivity contribution in [3.63, 3.8) is 0 Å². The van der Waals surface area contributed by atoms with E-state index in [4.69, 9.17) is 131 Å². The molecular weight excluding hydrogens is 1920 g/mol. The number of ether oxygens (including phenoxy) is 5. The molecule has 0 aromatic rings. The summed E-state index contributed by atoms with van der Waals surface area (Å²) in [6.07, 6.45) is 5.32. The maximum atomic E-state index is 13.4. The van der Waals surface area contributed by atoms with Crippen molar-refractivity contribution in [2.24, 2.45) is 86.9 Å². The van der Waals surface area contributed by atoms with Crippen LogP contribution in [0.1, 0.15) is 111 Å². The predicted octanol–water partition coefficient (Wildman–Crippen LogP) is -13.2. The van der Waals surface area contributed by atoms with Crippen molar-refractivity contribution in [3.05, 3.63) is 0 Å². The Kier molecular flexibility index (Phi) is 44.1. The standard InChI is InChI=1S/C15H29BN4O7S.2C15H31BN4O7S.C14H29BN4O7S.C13H27BN4O7S/c17-12-7-27-8-13(12)20(11-3-4-11)28(25,26)19-6-10(2-1-5-16(23)24)15(18,9-19)14(21)22;1-10(2)20(13-8-27-7-12(13)17)28(25,26)19-6-11(4-3-5-16(23)24)15(18,9-19)14(21)22;1-2-6-20(13-9-27-8-12(13)17)28(25,26)19-7-11(4-3-5-16(23)24)15(18,10-19)14(21)22;1-2-19(12-8-26-7-11(12)16)27(24,25)18-6-10(4-3-5-15(22)23)14(17,9-18)13(20)21;1-17(11-7-25-6-10(11)15)26(23,24)18-5-9(3-2-4-14(21)22)13(16,8-18)12(19)20/h10-13,23-24H,1-9,17-18H2,(H,21,22);10-13,23-24H,3-9,17-18H2,1-2H3,(H,21,22);11-13,23-24H,2-10,17-18H2,1H3,(H,21,22);10-12,22-23H,2-9,16-17H2,1H3,(H,20,21);9-11,21-22H,2-8,15-16H2,1H3,(H,19,20)/t10-,12?,13?,15-;2*11-,12?,13?,15-;10-,11?,12?,14-;9-,10?,11?,13-/m00000/s1. The molecule has 1 saturated carbocycles. The minimum atomic E-state index is -4.03. The molecule has 35 N–H and O–H groups in total. The Morgan fingerprint density at radius 3 is 0.839 bits per heavy atom. The number of likely N-dealkylation sites (N-methyl/N-ethyl adjacent to an activating group) is 2. The van der Waals surface area contributed by atoms with E-state index in [1.54, 1.807) is 20.8 Å². The lowest BCUT2D eigenvalue weighted by Crippen LogP contribution is -2.58. The normalized spacial score (nSPS) is 32.6. The molecule has 0 bridgehead atoms. The van der Waals surface area contributed by atoms with Crippen LogP contribution < -0.4 is 57.3 Å². The highest BCUT2D eigenvalue weighted by Gasteiger charge is 2.62. The summed E-state index contributed by atoms with van der Waals surface area (Å²) in [7, 11) is -26.0. The summed E-state index contributed by atoms with van der Waals surface area (Å²) in [5, 5.41) is 138. The predicted molar refractivity (Wildman–Crippen MR) is 496 cm³/mol. The van der Waals surface area contributed by atoms with Gasteiger partial charge >= 0.3 is 65.4 Å². The Balaban J connectivity index is 0.000000233. The van der Waals surface area contributed by atoms with Crippen molar-refractivity contribution in [2.75, 3.05) is 152 Å². The van der Waals surface area contributed by atoms with Crippen molar-refractivity contribution in [2.45, 2.75) is 243 Å². The molecule has 1 aliphatic carbocycles. The van der Waals surface area contributed by atoms with Gasteiger partial charge in [-0.3, -0.25) is 24.0 Å². The summed E-state index contributed by atoms with van der Waals surface area (Å²) in [5.41, 5.74) is 51.7. The summed E-state index contributed by atoms with van der Waals surface area (Å²) >= 11 is 0. The first-order chi connectivity index (χ1) is 63.5. The SMILES string of the molecule is CC(C)N(C1COCC1N)S(=O)(=O)N1C[C@H](CCCB(O)O)[C@](N)(C(=O)O)C1.CCCN(C1COCC1N)S(=O)(=O)N1C[C@H](CCCB(O)O)[C@](N)(C(=O)O)C1.CCN(C1COCC1N)S(=O)(=O)N1C[C@H](CCCB(O)O)[C@](N)(C(=O)O)C1.CN(C1COCC1N)S(=O)(=O)N1C[C@H](CCCB(O)O)[C@](N)(C(=O)O)C1.NC1COCC1N(C1CC1)S(=O)(=O)N1C[C@H](CCCB(O)O)[C@](N)(C(=O)O)C1. The number of rotatable bonds is 45. The monoisotopic (exact) mass is 2070 g/mol. The molecule has 65 heteroatoms. The second-order valence-electron chi connectivity index (χ2n) is 37.9. The third-order valence-corrected chi connectivity index (χ3v) is 37.8. The van der Waals surface area contributed by atoms with Gasteiger partial charge in [0.25, 0.3) is 51.0 Å². The van der Waals surface area contributed by atoms with Gasteiger partial charge in [0.05, 0.1) is 96.3 Å². The number of carbonyl (C=O) groups is 5. The average molecular weight is 2070 g/mol. The van der Waals surface area contributed by atoms with Gasteiger partial charge < -0.3 is 157 Å². The fraction of sp³-hybridized carbons (Fsp3) is 0.931. The Labute approximate surface area is 802 Å². The van der Waals surface area contributed by atoms with Crippen LogP contribution in [-0.4, -0.2) is 478 Å². The van der Waals surface area contributed by atoms with Gasteiger partial charge in [-0.15, -0.1) is 0 Å². The molecule has 790 valence electrons. The molecule has 0 radical (unpaired) electrons. The Bertz CT molecular complexity index is 4440. The summed E-state index contributed by atoms with van der Waals surface area (Å²) in [5.74, 6) is -9.60. The number of carboxylic acids is 5. The van der Waals surface area contributed by atoms with Gasteiger partial charge in [-0.1, -0.05) is 46.0 Å². The first-order valence-electron chi connectivity index (χ1n) is 46.0. The minimum Gasteiger partial charge on any atom is -0.480 e. The number of hydrogen-bond donors (Lipinski definition) is 25. The van der Waals surface area contributed by atoms with E-state index in [1.807, 2.05) is 6.92 Å². The van der Waals surface area contributed by atoms with Crippen molar-refractivity contribution >= 4 is 116 Å². The minimum absolute atomic E-state index is 0.0291. The van der Waals surface area contributed by atoms with Crippen molar-refractivity contribution < 1.29 is 166 Å². The van der Waals surface area contributed by atoms with Crippen LogP contribution in [0.4, 0.5) is 0 Å². The van der Waals surface area contributed by atoms with Crippen molar-refractivity contribution in [3.8, 4) is 0 Å². The van der Waals surface area contributed by atoms with Crippen molar-refractivity contribution in [1.29, 1.82) is 0 Å². The molecule has 0 aromatic carbocycles. The van der Waals surface area contributed by atoms with Crippen LogP contribution in [0.15, 0.2) is 0 Å². The molecule has 10 heterocycles. The quantitative estimate of drug-likeness (QED) is 0.0252. The van der Waals surface area contributed by atoms with Crippen LogP contribution in [0.25, 0.3) is 0 Å². The average Bonchev–Trinajstić information content (AvgIpc) is 1.59.